The molecule has 0 heterocycles. The van der Waals surface area contributed by atoms with Gasteiger partial charge < -0.3 is 10.1 Å². The normalized spacial score (nSPS) is 14.1. The maximum Gasteiger partial charge on any atom is 0.0630 e. The molecule has 0 spiro atoms. The molecule has 1 unspecified atom stereocenters. The van der Waals surface area contributed by atoms with E-state index >= 15 is 0 Å². The Morgan fingerprint density at radius 3 is 2.35 bits per heavy atom. The molecule has 3 nitrogen and oxygen atoms in total. The number of hydrogen-bond donors (Lipinski definition) is 1. The summed E-state index contributed by atoms with van der Waals surface area (Å²) in [5.74, 6) is 0. The van der Waals surface area contributed by atoms with Crippen molar-refractivity contribution in [3.8, 4) is 0 Å². The van der Waals surface area contributed by atoms with Crippen LogP contribution in [0.1, 0.15) is 34.6 Å². The molecular formula is C14H30N2O. The lowest BCUT2D eigenvalue weighted by atomic mass is 10.1. The Labute approximate surface area is 107 Å². The highest BCUT2D eigenvalue weighted by atomic mass is 16.5. The molecule has 0 aliphatic rings. The van der Waals surface area contributed by atoms with E-state index in [4.69, 9.17) is 4.74 Å². The summed E-state index contributed by atoms with van der Waals surface area (Å²) >= 11 is 0. The van der Waals surface area contributed by atoms with Crippen molar-refractivity contribution in [3.63, 3.8) is 0 Å². The van der Waals surface area contributed by atoms with Crippen molar-refractivity contribution in [1.82, 2.24) is 10.2 Å². The molecule has 0 aliphatic carbocycles. The summed E-state index contributed by atoms with van der Waals surface area (Å²) in [5.41, 5.74) is 1.35. The fourth-order valence-electron chi connectivity index (χ4n) is 1.76. The van der Waals surface area contributed by atoms with E-state index in [0.717, 1.165) is 26.2 Å². The van der Waals surface area contributed by atoms with Gasteiger partial charge in [-0.05, 0) is 34.2 Å². The van der Waals surface area contributed by atoms with Crippen molar-refractivity contribution in [1.29, 1.82) is 0 Å². The lowest BCUT2D eigenvalue weighted by Gasteiger charge is -2.33. The highest BCUT2D eigenvalue weighted by molar-refractivity contribution is 4.94. The fourth-order valence-corrected chi connectivity index (χ4v) is 1.76. The Bertz CT molecular complexity index is 221. The van der Waals surface area contributed by atoms with E-state index in [-0.39, 0.29) is 5.54 Å². The average Bonchev–Trinajstić information content (AvgIpc) is 2.19. The molecule has 1 atom stereocenters. The second kappa shape index (κ2) is 7.85. The fraction of sp³-hybridized carbons (Fsp3) is 0.857. The van der Waals surface area contributed by atoms with Gasteiger partial charge in [0, 0.05) is 31.8 Å². The van der Waals surface area contributed by atoms with Crippen LogP contribution in [0.15, 0.2) is 12.2 Å². The molecule has 17 heavy (non-hydrogen) atoms. The van der Waals surface area contributed by atoms with Crippen LogP contribution in [0.2, 0.25) is 0 Å². The highest BCUT2D eigenvalue weighted by Crippen LogP contribution is 2.06. The van der Waals surface area contributed by atoms with Gasteiger partial charge in [-0.2, -0.15) is 0 Å². The van der Waals surface area contributed by atoms with Crippen LogP contribution < -0.4 is 5.32 Å². The summed E-state index contributed by atoms with van der Waals surface area (Å²) < 4.78 is 5.32. The molecule has 0 amide bonds. The van der Waals surface area contributed by atoms with Crippen LogP contribution in [0.3, 0.4) is 0 Å². The van der Waals surface area contributed by atoms with Crippen LogP contribution in [0.4, 0.5) is 0 Å². The predicted molar refractivity (Wildman–Crippen MR) is 75.5 cm³/mol. The van der Waals surface area contributed by atoms with Gasteiger partial charge in [-0.3, -0.25) is 4.90 Å². The zero-order valence-electron chi connectivity index (χ0n) is 12.5. The number of nitrogens with one attached hydrogen (secondary N) is 1. The molecule has 0 bridgehead atoms. The van der Waals surface area contributed by atoms with Crippen LogP contribution in [0, 0.1) is 0 Å². The van der Waals surface area contributed by atoms with E-state index in [1.807, 2.05) is 0 Å². The molecule has 0 aromatic heterocycles. The number of hydrogen-bond acceptors (Lipinski definition) is 3. The lowest BCUT2D eigenvalue weighted by molar-refractivity contribution is 0.0942. The molecular weight excluding hydrogens is 212 g/mol. The third kappa shape index (κ3) is 8.36. The smallest absolute Gasteiger partial charge is 0.0630 e. The molecule has 1 N–H and O–H groups in total. The van der Waals surface area contributed by atoms with Crippen molar-refractivity contribution >= 4 is 0 Å². The van der Waals surface area contributed by atoms with E-state index in [1.165, 1.54) is 5.57 Å². The van der Waals surface area contributed by atoms with E-state index in [9.17, 15) is 0 Å². The first-order valence-corrected chi connectivity index (χ1v) is 6.42. The largest absolute Gasteiger partial charge is 0.383 e. The molecule has 3 heteroatoms. The van der Waals surface area contributed by atoms with Crippen LogP contribution >= 0.6 is 0 Å². The van der Waals surface area contributed by atoms with Crippen molar-refractivity contribution in [2.75, 3.05) is 33.4 Å². The molecule has 0 saturated heterocycles. The second-order valence-electron chi connectivity index (χ2n) is 5.76. The molecule has 0 aromatic carbocycles. The first-order chi connectivity index (χ1) is 7.80. The zero-order chi connectivity index (χ0) is 13.5. The van der Waals surface area contributed by atoms with Gasteiger partial charge >= 0.3 is 0 Å². The minimum Gasteiger partial charge on any atom is -0.383 e. The van der Waals surface area contributed by atoms with Gasteiger partial charge in [-0.15, -0.1) is 0 Å². The summed E-state index contributed by atoms with van der Waals surface area (Å²) in [5, 5.41) is 3.54. The molecule has 102 valence electrons. The van der Waals surface area contributed by atoms with Gasteiger partial charge in [-0.25, -0.2) is 0 Å². The van der Waals surface area contributed by atoms with Crippen molar-refractivity contribution < 1.29 is 4.74 Å². The standard InChI is InChI=1S/C14H30N2O/c1-8-16(10-12(2)3)13(11-17-7)9-15-14(4,5)6/h13,15H,2,8-11H2,1,3-7H3. The Balaban J connectivity index is 4.40. The number of rotatable bonds is 8. The molecule has 0 aliphatic heterocycles. The topological polar surface area (TPSA) is 24.5 Å². The van der Waals surface area contributed by atoms with Gasteiger partial charge in [0.15, 0.2) is 0 Å². The van der Waals surface area contributed by atoms with Crippen LogP contribution in [0.5, 0.6) is 0 Å². The summed E-state index contributed by atoms with van der Waals surface area (Å²) in [7, 11) is 1.76. The zero-order valence-corrected chi connectivity index (χ0v) is 12.5. The number of nitrogens with zero attached hydrogens (tertiary/aromatic N) is 1. The number of likely N-dealkylation sites (N-methyl/N-ethyl adjacent to an activating group) is 1. The quantitative estimate of drug-likeness (QED) is 0.661. The molecule has 0 rings (SSSR count). The second-order valence-corrected chi connectivity index (χ2v) is 5.76. The number of ether oxygens (including phenoxy) is 1. The summed E-state index contributed by atoms with van der Waals surface area (Å²) in [6.45, 7) is 18.5. The van der Waals surface area contributed by atoms with Gasteiger partial charge in [-0.1, -0.05) is 19.1 Å². The third-order valence-corrected chi connectivity index (χ3v) is 2.62. The van der Waals surface area contributed by atoms with Crippen LogP contribution in [-0.4, -0.2) is 49.8 Å². The van der Waals surface area contributed by atoms with Crippen molar-refractivity contribution in [2.45, 2.75) is 46.2 Å². The average molecular weight is 242 g/mol. The maximum absolute atomic E-state index is 5.32. The van der Waals surface area contributed by atoms with E-state index < -0.39 is 0 Å². The van der Waals surface area contributed by atoms with Gasteiger partial charge in [0.2, 0.25) is 0 Å². The van der Waals surface area contributed by atoms with Crippen LogP contribution in [-0.2, 0) is 4.74 Å². The van der Waals surface area contributed by atoms with Crippen molar-refractivity contribution in [3.05, 3.63) is 12.2 Å². The summed E-state index contributed by atoms with van der Waals surface area (Å²) in [6.07, 6.45) is 0. The highest BCUT2D eigenvalue weighted by Gasteiger charge is 2.19. The Morgan fingerprint density at radius 2 is 2.00 bits per heavy atom. The summed E-state index contributed by atoms with van der Waals surface area (Å²) in [6, 6.07) is 0.404. The van der Waals surface area contributed by atoms with E-state index in [2.05, 4.69) is 51.4 Å². The lowest BCUT2D eigenvalue weighted by Crippen LogP contribution is -2.50. The van der Waals surface area contributed by atoms with E-state index in [0.29, 0.717) is 6.04 Å². The molecule has 0 fully saturated rings. The minimum absolute atomic E-state index is 0.147. The Hall–Kier alpha value is -0.380. The Morgan fingerprint density at radius 1 is 1.41 bits per heavy atom. The molecule has 0 saturated carbocycles. The van der Waals surface area contributed by atoms with Crippen LogP contribution in [0.25, 0.3) is 0 Å². The van der Waals surface area contributed by atoms with Gasteiger partial charge in [0.05, 0.1) is 6.61 Å². The first-order valence-electron chi connectivity index (χ1n) is 6.42. The van der Waals surface area contributed by atoms with Gasteiger partial charge in [0.25, 0.3) is 0 Å². The van der Waals surface area contributed by atoms with Gasteiger partial charge in [0.1, 0.15) is 0 Å². The minimum atomic E-state index is 0.147. The first kappa shape index (κ1) is 16.6. The molecule has 0 aromatic rings. The maximum atomic E-state index is 5.32. The Kier molecular flexibility index (Phi) is 7.68. The SMILES string of the molecule is C=C(C)CN(CC)C(CNC(C)(C)C)COC. The van der Waals surface area contributed by atoms with Crippen molar-refractivity contribution in [2.24, 2.45) is 0 Å². The monoisotopic (exact) mass is 242 g/mol. The third-order valence-electron chi connectivity index (χ3n) is 2.62. The predicted octanol–water partition coefficient (Wildman–Crippen LogP) is 2.29. The molecule has 0 radical (unpaired) electrons. The van der Waals surface area contributed by atoms with E-state index in [1.54, 1.807) is 7.11 Å². The number of methoxy groups -OCH3 is 1. The summed E-state index contributed by atoms with van der Waals surface area (Å²) in [4.78, 5) is 2.41.